The van der Waals surface area contributed by atoms with E-state index >= 15 is 0 Å². The first kappa shape index (κ1) is 35.3. The van der Waals surface area contributed by atoms with E-state index in [1.807, 2.05) is 24.3 Å². The van der Waals surface area contributed by atoms with Crippen LogP contribution in [0.4, 0.5) is 0 Å². The first-order valence-corrected chi connectivity index (χ1v) is 21.2. The topological polar surface area (TPSA) is 68.0 Å². The van der Waals surface area contributed by atoms with E-state index in [9.17, 15) is 0 Å². The average Bonchev–Trinajstić information content (AvgIpc) is 4.03. The fourth-order valence-electron chi connectivity index (χ4n) is 9.48. The highest BCUT2D eigenvalue weighted by Gasteiger charge is 2.24. The molecule has 0 saturated heterocycles. The molecule has 0 fully saturated rings. The minimum atomic E-state index is -0.421. The highest BCUT2D eigenvalue weighted by atomic mass is 16.3. The molecule has 0 saturated carbocycles. The Hall–Kier alpha value is -8.48. The third-order valence-corrected chi connectivity index (χ3v) is 12.5. The summed E-state index contributed by atoms with van der Waals surface area (Å²) in [6, 6.07) is 72.2. The Bertz CT molecular complexity index is 3840. The van der Waals surface area contributed by atoms with Crippen LogP contribution in [0.1, 0.15) is 22.9 Å². The smallest absolute Gasteiger partial charge is 0.159 e. The molecule has 0 spiro atoms. The average molecular weight is 809 g/mol. The predicted octanol–water partition coefficient (Wildman–Crippen LogP) is 14.4. The molecule has 1 aliphatic heterocycles. The van der Waals surface area contributed by atoms with Crippen LogP contribution in [0.5, 0.6) is 0 Å². The van der Waals surface area contributed by atoms with Gasteiger partial charge >= 0.3 is 0 Å². The Labute approximate surface area is 361 Å². The van der Waals surface area contributed by atoms with Gasteiger partial charge in [0.1, 0.15) is 34.3 Å². The van der Waals surface area contributed by atoms with Gasteiger partial charge in [0.25, 0.3) is 0 Å². The second-order valence-corrected chi connectivity index (χ2v) is 16.2. The number of aliphatic imine (C=N–C) groups is 2. The number of hydrogen-bond donors (Lipinski definition) is 1. The second-order valence-electron chi connectivity index (χ2n) is 16.2. The summed E-state index contributed by atoms with van der Waals surface area (Å²) in [7, 11) is 0. The van der Waals surface area contributed by atoms with Gasteiger partial charge in [-0.05, 0) is 89.0 Å². The summed E-state index contributed by atoms with van der Waals surface area (Å²) >= 11 is 0. The molecular formula is C57H36N4O2. The Morgan fingerprint density at radius 3 is 1.95 bits per heavy atom. The van der Waals surface area contributed by atoms with Crippen molar-refractivity contribution in [3.63, 3.8) is 0 Å². The van der Waals surface area contributed by atoms with Crippen LogP contribution in [0, 0.1) is 0 Å². The number of aromatic nitrogens is 1. The molecule has 0 bridgehead atoms. The number of nitrogens with zero attached hydrogens (tertiary/aromatic N) is 3. The van der Waals surface area contributed by atoms with E-state index in [2.05, 4.69) is 192 Å². The lowest BCUT2D eigenvalue weighted by Crippen LogP contribution is -2.33. The molecule has 6 heteroatoms. The molecule has 9 aromatic carbocycles. The van der Waals surface area contributed by atoms with Crippen molar-refractivity contribution in [2.45, 2.75) is 6.17 Å². The van der Waals surface area contributed by atoms with Crippen LogP contribution in [0.25, 0.3) is 93.6 Å². The van der Waals surface area contributed by atoms with Gasteiger partial charge in [0, 0.05) is 54.7 Å². The number of amidine groups is 2. The molecule has 12 aromatic rings. The summed E-state index contributed by atoms with van der Waals surface area (Å²) in [6.07, 6.45) is -0.421. The standard InChI is InChI=1S/C57H36N4O2/c1-3-13-35(14-4-1)36-15-11-16-38(31-36)55-58-56(39-25-28-44-43-19-8-10-24-50(43)62-52(44)33-39)60-57(59-55)40-26-29-45-47-32-37(27-30-51(47)63-53(45)34-40)42-21-12-23-49-54(42)46-20-7-9-22-48(46)61(49)41-17-5-2-6-18-41/h1-34,56H,(H,58,59,60). The van der Waals surface area contributed by atoms with Crippen molar-refractivity contribution in [2.75, 3.05) is 0 Å². The Kier molecular flexibility index (Phi) is 7.87. The minimum Gasteiger partial charge on any atom is -0.456 e. The quantitative estimate of drug-likeness (QED) is 0.182. The summed E-state index contributed by atoms with van der Waals surface area (Å²) in [5.74, 6) is 1.36. The van der Waals surface area contributed by atoms with Crippen molar-refractivity contribution in [3.8, 4) is 27.9 Å². The third kappa shape index (κ3) is 5.80. The van der Waals surface area contributed by atoms with Crippen LogP contribution < -0.4 is 5.32 Å². The summed E-state index contributed by atoms with van der Waals surface area (Å²) in [6.45, 7) is 0. The molecule has 1 unspecified atom stereocenters. The highest BCUT2D eigenvalue weighted by molar-refractivity contribution is 6.18. The Morgan fingerprint density at radius 2 is 1.06 bits per heavy atom. The van der Waals surface area contributed by atoms with Gasteiger partial charge in [-0.1, -0.05) is 140 Å². The summed E-state index contributed by atoms with van der Waals surface area (Å²) < 4.78 is 15.3. The summed E-state index contributed by atoms with van der Waals surface area (Å²) in [5.41, 5.74) is 14.2. The molecule has 296 valence electrons. The maximum atomic E-state index is 6.63. The molecule has 1 N–H and O–H groups in total. The van der Waals surface area contributed by atoms with Crippen LogP contribution in [0.3, 0.4) is 0 Å². The van der Waals surface area contributed by atoms with E-state index in [1.54, 1.807) is 0 Å². The number of nitrogens with one attached hydrogen (secondary N) is 1. The van der Waals surface area contributed by atoms with Gasteiger partial charge in [-0.3, -0.25) is 0 Å². The SMILES string of the molecule is c1ccc(-c2cccc(C3=NC(c4ccc5c(c4)oc4ccccc45)NC(c4ccc5c(c4)oc4ccc(-c6cccc7c6c6ccccc6n7-c6ccccc6)cc45)=N3)c2)cc1. The van der Waals surface area contributed by atoms with E-state index in [4.69, 9.17) is 18.8 Å². The molecule has 1 aliphatic rings. The van der Waals surface area contributed by atoms with Gasteiger partial charge in [-0.2, -0.15) is 0 Å². The number of rotatable bonds is 6. The van der Waals surface area contributed by atoms with Crippen molar-refractivity contribution in [1.29, 1.82) is 0 Å². The zero-order chi connectivity index (χ0) is 41.4. The number of benzene rings is 9. The van der Waals surface area contributed by atoms with Gasteiger partial charge < -0.3 is 18.7 Å². The molecule has 0 amide bonds. The Balaban J connectivity index is 0.916. The van der Waals surface area contributed by atoms with Crippen LogP contribution >= 0.6 is 0 Å². The zero-order valence-electron chi connectivity index (χ0n) is 33.9. The van der Waals surface area contributed by atoms with E-state index < -0.39 is 6.17 Å². The normalized spacial score (nSPS) is 14.2. The van der Waals surface area contributed by atoms with E-state index in [0.717, 1.165) is 82.9 Å². The van der Waals surface area contributed by atoms with Crippen LogP contribution in [-0.4, -0.2) is 16.2 Å². The number of hydrogen-bond acceptors (Lipinski definition) is 5. The van der Waals surface area contributed by atoms with Crippen molar-refractivity contribution in [1.82, 2.24) is 9.88 Å². The molecule has 63 heavy (non-hydrogen) atoms. The lowest BCUT2D eigenvalue weighted by atomic mass is 9.97. The lowest BCUT2D eigenvalue weighted by molar-refractivity contribution is 0.654. The molecule has 6 nitrogen and oxygen atoms in total. The monoisotopic (exact) mass is 808 g/mol. The molecule has 0 aliphatic carbocycles. The van der Waals surface area contributed by atoms with Gasteiger partial charge in [-0.25, -0.2) is 9.98 Å². The van der Waals surface area contributed by atoms with E-state index in [0.29, 0.717) is 11.7 Å². The molecular weight excluding hydrogens is 773 g/mol. The van der Waals surface area contributed by atoms with Gasteiger partial charge in [0.2, 0.25) is 0 Å². The van der Waals surface area contributed by atoms with Crippen molar-refractivity contribution in [3.05, 3.63) is 223 Å². The van der Waals surface area contributed by atoms with Crippen molar-refractivity contribution >= 4 is 77.4 Å². The third-order valence-electron chi connectivity index (χ3n) is 12.5. The van der Waals surface area contributed by atoms with Crippen molar-refractivity contribution in [2.24, 2.45) is 9.98 Å². The molecule has 13 rings (SSSR count). The van der Waals surface area contributed by atoms with Gasteiger partial charge in [-0.15, -0.1) is 0 Å². The summed E-state index contributed by atoms with van der Waals surface area (Å²) in [5, 5.41) is 10.4. The molecule has 1 atom stereocenters. The summed E-state index contributed by atoms with van der Waals surface area (Å²) in [4.78, 5) is 10.5. The molecule has 4 heterocycles. The predicted molar refractivity (Wildman–Crippen MR) is 258 cm³/mol. The van der Waals surface area contributed by atoms with E-state index in [1.165, 1.54) is 27.4 Å². The van der Waals surface area contributed by atoms with Crippen LogP contribution in [0.15, 0.2) is 225 Å². The Morgan fingerprint density at radius 1 is 0.413 bits per heavy atom. The largest absolute Gasteiger partial charge is 0.456 e. The number of furan rings is 2. The first-order chi connectivity index (χ1) is 31.2. The zero-order valence-corrected chi connectivity index (χ0v) is 33.9. The maximum Gasteiger partial charge on any atom is 0.159 e. The van der Waals surface area contributed by atoms with Crippen LogP contribution in [0.2, 0.25) is 0 Å². The highest BCUT2D eigenvalue weighted by Crippen LogP contribution is 2.41. The van der Waals surface area contributed by atoms with Gasteiger partial charge in [0.05, 0.1) is 11.0 Å². The number of fused-ring (bicyclic) bond motifs is 9. The first-order valence-electron chi connectivity index (χ1n) is 21.2. The second kappa shape index (κ2) is 14.0. The molecule has 0 radical (unpaired) electrons. The fourth-order valence-corrected chi connectivity index (χ4v) is 9.48. The fraction of sp³-hybridized carbons (Fsp3) is 0.0175. The lowest BCUT2D eigenvalue weighted by Gasteiger charge is -2.24. The van der Waals surface area contributed by atoms with Crippen molar-refractivity contribution < 1.29 is 8.83 Å². The van der Waals surface area contributed by atoms with Crippen LogP contribution in [-0.2, 0) is 0 Å². The maximum absolute atomic E-state index is 6.63. The van der Waals surface area contributed by atoms with Gasteiger partial charge in [0.15, 0.2) is 5.84 Å². The minimum absolute atomic E-state index is 0.421. The van der Waals surface area contributed by atoms with E-state index in [-0.39, 0.29) is 0 Å². The number of para-hydroxylation sites is 3. The molecule has 3 aromatic heterocycles.